The lowest BCUT2D eigenvalue weighted by Crippen LogP contribution is -2.38. The Morgan fingerprint density at radius 1 is 0.914 bits per heavy atom. The minimum atomic E-state index is -4.26. The third-order valence-corrected chi connectivity index (χ3v) is 7.20. The highest BCUT2D eigenvalue weighted by Gasteiger charge is 2.28. The number of fused-ring (bicyclic) bond motifs is 1. The molecule has 0 spiro atoms. The van der Waals surface area contributed by atoms with Gasteiger partial charge in [-0.25, -0.2) is 13.2 Å². The summed E-state index contributed by atoms with van der Waals surface area (Å²) in [7, 11) is -1.46. The van der Waals surface area contributed by atoms with Crippen molar-refractivity contribution in [1.29, 1.82) is 0 Å². The highest BCUT2D eigenvalue weighted by Crippen LogP contribution is 2.22. The molecule has 1 amide bonds. The molecule has 180 valence electrons. The molecule has 35 heavy (non-hydrogen) atoms. The van der Waals surface area contributed by atoms with Crippen molar-refractivity contribution in [1.82, 2.24) is 13.9 Å². The van der Waals surface area contributed by atoms with Crippen LogP contribution >= 0.6 is 11.6 Å². The largest absolute Gasteiger partial charge is 0.330 e. The number of sulfonamides is 1. The fourth-order valence-electron chi connectivity index (χ4n) is 3.63. The Morgan fingerprint density at radius 2 is 1.57 bits per heavy atom. The summed E-state index contributed by atoms with van der Waals surface area (Å²) in [6.45, 7) is 0. The summed E-state index contributed by atoms with van der Waals surface area (Å²) in [5.41, 5.74) is -0.00656. The SMILES string of the molecule is Cn1c(=O)c2cc(S(=O)(=O)N[C@H](C(=O)Nc3ccc(Cl)cc3)c3ccccc3)ccc2n(C)c1=O. The number of nitrogens with one attached hydrogen (secondary N) is 2. The minimum absolute atomic E-state index is 0.0550. The van der Waals surface area contributed by atoms with Gasteiger partial charge in [-0.3, -0.25) is 18.7 Å². The number of hydrogen-bond donors (Lipinski definition) is 2. The van der Waals surface area contributed by atoms with E-state index < -0.39 is 33.2 Å². The molecule has 0 unspecified atom stereocenters. The van der Waals surface area contributed by atoms with Crippen molar-refractivity contribution in [2.75, 3.05) is 5.32 Å². The van der Waals surface area contributed by atoms with Crippen molar-refractivity contribution in [3.8, 4) is 0 Å². The van der Waals surface area contributed by atoms with Crippen LogP contribution in [0.25, 0.3) is 10.9 Å². The summed E-state index contributed by atoms with van der Waals surface area (Å²) in [6.07, 6.45) is 0. The molecule has 0 saturated heterocycles. The van der Waals surface area contributed by atoms with E-state index in [-0.39, 0.29) is 15.8 Å². The Bertz CT molecular complexity index is 1650. The molecular formula is C24H21ClN4O5S. The van der Waals surface area contributed by atoms with Gasteiger partial charge in [-0.15, -0.1) is 0 Å². The van der Waals surface area contributed by atoms with Gasteiger partial charge in [0.25, 0.3) is 5.56 Å². The maximum Gasteiger partial charge on any atom is 0.330 e. The lowest BCUT2D eigenvalue weighted by atomic mass is 10.1. The van der Waals surface area contributed by atoms with Crippen LogP contribution in [0.15, 0.2) is 87.3 Å². The Labute approximate surface area is 205 Å². The Kier molecular flexibility index (Phi) is 6.62. The normalized spacial score (nSPS) is 12.4. The first-order chi connectivity index (χ1) is 16.6. The van der Waals surface area contributed by atoms with Gasteiger partial charge in [0.2, 0.25) is 15.9 Å². The number of nitrogens with zero attached hydrogens (tertiary/aromatic N) is 2. The number of aromatic nitrogens is 2. The Morgan fingerprint density at radius 3 is 2.23 bits per heavy atom. The zero-order valence-electron chi connectivity index (χ0n) is 18.7. The Balaban J connectivity index is 1.74. The highest BCUT2D eigenvalue weighted by atomic mass is 35.5. The molecule has 4 rings (SSSR count). The van der Waals surface area contributed by atoms with Gasteiger partial charge in [-0.05, 0) is 48.0 Å². The van der Waals surface area contributed by atoms with Gasteiger partial charge >= 0.3 is 5.69 Å². The van der Waals surface area contributed by atoms with Gasteiger partial charge in [0.1, 0.15) is 6.04 Å². The van der Waals surface area contributed by atoms with E-state index in [1.807, 2.05) is 0 Å². The maximum atomic E-state index is 13.3. The summed E-state index contributed by atoms with van der Waals surface area (Å²) < 4.78 is 31.2. The molecule has 1 atom stereocenters. The molecule has 0 aliphatic heterocycles. The van der Waals surface area contributed by atoms with Crippen LogP contribution in [0, 0.1) is 0 Å². The van der Waals surface area contributed by atoms with Crippen molar-refractivity contribution in [2.45, 2.75) is 10.9 Å². The van der Waals surface area contributed by atoms with E-state index in [0.29, 0.717) is 16.3 Å². The molecule has 11 heteroatoms. The van der Waals surface area contributed by atoms with Gasteiger partial charge in [0.05, 0.1) is 15.8 Å². The first kappa shape index (κ1) is 24.4. The molecular weight excluding hydrogens is 492 g/mol. The molecule has 1 aromatic heterocycles. The van der Waals surface area contributed by atoms with Gasteiger partial charge in [0.15, 0.2) is 0 Å². The molecule has 4 aromatic rings. The van der Waals surface area contributed by atoms with Gasteiger partial charge in [-0.1, -0.05) is 41.9 Å². The zero-order chi connectivity index (χ0) is 25.3. The van der Waals surface area contributed by atoms with Gasteiger partial charge in [0, 0.05) is 24.8 Å². The van der Waals surface area contributed by atoms with Crippen LogP contribution in [-0.4, -0.2) is 23.5 Å². The highest BCUT2D eigenvalue weighted by molar-refractivity contribution is 7.89. The number of halogens is 1. The van der Waals surface area contributed by atoms with Gasteiger partial charge in [-0.2, -0.15) is 4.72 Å². The number of anilines is 1. The molecule has 2 N–H and O–H groups in total. The lowest BCUT2D eigenvalue weighted by Gasteiger charge is -2.19. The topological polar surface area (TPSA) is 119 Å². The van der Waals surface area contributed by atoms with Crippen molar-refractivity contribution < 1.29 is 13.2 Å². The zero-order valence-corrected chi connectivity index (χ0v) is 20.3. The van der Waals surface area contributed by atoms with E-state index in [4.69, 9.17) is 11.6 Å². The predicted molar refractivity (Wildman–Crippen MR) is 134 cm³/mol. The van der Waals surface area contributed by atoms with Crippen LogP contribution in [0.3, 0.4) is 0 Å². The number of hydrogen-bond acceptors (Lipinski definition) is 5. The van der Waals surface area contributed by atoms with E-state index in [1.165, 1.54) is 36.9 Å². The average Bonchev–Trinajstić information content (AvgIpc) is 2.86. The molecule has 9 nitrogen and oxygen atoms in total. The maximum absolute atomic E-state index is 13.3. The summed E-state index contributed by atoms with van der Waals surface area (Å²) in [5.74, 6) is -0.610. The minimum Gasteiger partial charge on any atom is -0.324 e. The lowest BCUT2D eigenvalue weighted by molar-refractivity contribution is -0.117. The first-order valence-corrected chi connectivity index (χ1v) is 12.3. The predicted octanol–water partition coefficient (Wildman–Crippen LogP) is 2.55. The summed E-state index contributed by atoms with van der Waals surface area (Å²) >= 11 is 5.90. The molecule has 0 saturated carbocycles. The van der Waals surface area contributed by atoms with E-state index in [2.05, 4.69) is 10.0 Å². The molecule has 0 aliphatic carbocycles. The molecule has 0 radical (unpaired) electrons. The molecule has 0 bridgehead atoms. The van der Waals surface area contributed by atoms with Crippen molar-refractivity contribution in [3.63, 3.8) is 0 Å². The number of rotatable bonds is 6. The second-order valence-corrected chi connectivity index (χ2v) is 10.00. The molecule has 0 aliphatic rings. The van der Waals surface area contributed by atoms with Crippen LogP contribution in [0.5, 0.6) is 0 Å². The molecule has 1 heterocycles. The van der Waals surface area contributed by atoms with E-state index in [9.17, 15) is 22.8 Å². The van der Waals surface area contributed by atoms with Crippen LogP contribution in [0.1, 0.15) is 11.6 Å². The van der Waals surface area contributed by atoms with E-state index in [0.717, 1.165) is 4.57 Å². The quantitative estimate of drug-likeness (QED) is 0.411. The summed E-state index contributed by atoms with van der Waals surface area (Å²) in [6, 6.07) is 17.4. The second kappa shape index (κ2) is 9.49. The Hall–Kier alpha value is -3.73. The van der Waals surface area contributed by atoms with E-state index >= 15 is 0 Å². The van der Waals surface area contributed by atoms with Crippen LogP contribution < -0.4 is 21.3 Å². The van der Waals surface area contributed by atoms with Crippen LogP contribution in [-0.2, 0) is 28.9 Å². The van der Waals surface area contributed by atoms with E-state index in [1.54, 1.807) is 54.6 Å². The van der Waals surface area contributed by atoms with Crippen molar-refractivity contribution in [2.24, 2.45) is 14.1 Å². The first-order valence-electron chi connectivity index (χ1n) is 10.4. The molecule has 3 aromatic carbocycles. The van der Waals surface area contributed by atoms with Crippen molar-refractivity contribution >= 4 is 44.1 Å². The van der Waals surface area contributed by atoms with Crippen molar-refractivity contribution in [3.05, 3.63) is 104 Å². The number of carbonyl (C=O) groups is 1. The third kappa shape index (κ3) is 4.90. The second-order valence-electron chi connectivity index (χ2n) is 7.85. The number of carbonyl (C=O) groups excluding carboxylic acids is 1. The average molecular weight is 513 g/mol. The number of benzene rings is 3. The standard InChI is InChI=1S/C24H21ClN4O5S/c1-28-20-13-12-18(14-19(20)23(31)29(2)24(28)32)35(33,34)27-21(15-6-4-3-5-7-15)22(30)26-17-10-8-16(25)9-11-17/h3-14,21,27H,1-2H3,(H,26,30)/t21-/m0/s1. The number of aryl methyl sites for hydroxylation is 1. The summed E-state index contributed by atoms with van der Waals surface area (Å²) in [4.78, 5) is 37.7. The summed E-state index contributed by atoms with van der Waals surface area (Å²) in [5, 5.41) is 3.23. The number of amides is 1. The monoisotopic (exact) mass is 512 g/mol. The molecule has 0 fully saturated rings. The smallest absolute Gasteiger partial charge is 0.324 e. The third-order valence-electron chi connectivity index (χ3n) is 5.53. The van der Waals surface area contributed by atoms with Crippen LogP contribution in [0.4, 0.5) is 5.69 Å². The fraction of sp³-hybridized carbons (Fsp3) is 0.125. The van der Waals surface area contributed by atoms with Crippen LogP contribution in [0.2, 0.25) is 5.02 Å². The van der Waals surface area contributed by atoms with Gasteiger partial charge < -0.3 is 5.32 Å². The fourth-order valence-corrected chi connectivity index (χ4v) is 4.97.